The molecule has 0 bridgehead atoms. The molecule has 2 nitrogen and oxygen atoms in total. The Balaban J connectivity index is 1.73. The van der Waals surface area contributed by atoms with E-state index in [2.05, 4.69) is 90.5 Å². The number of para-hydroxylation sites is 2. The topological polar surface area (TPSA) is 14.2 Å². The fourth-order valence-corrected chi connectivity index (χ4v) is 4.61. The normalized spacial score (nSPS) is 11.4. The molecule has 148 valence electrons. The lowest BCUT2D eigenvalue weighted by Gasteiger charge is -2.18. The molecule has 1 aromatic heterocycles. The molecule has 0 aliphatic rings. The molecule has 0 aliphatic carbocycles. The number of rotatable bonds is 3. The minimum absolute atomic E-state index is 0.843. The van der Waals surface area contributed by atoms with Gasteiger partial charge in [0.15, 0.2) is 0 Å². The first-order valence-corrected chi connectivity index (χ1v) is 10.5. The van der Waals surface area contributed by atoms with Crippen LogP contribution in [0, 0.1) is 0 Å². The Morgan fingerprint density at radius 1 is 0.581 bits per heavy atom. The zero-order valence-electron chi connectivity index (χ0n) is 17.2. The van der Waals surface area contributed by atoms with E-state index in [1.54, 1.807) is 0 Å². The van der Waals surface area contributed by atoms with E-state index in [1.807, 2.05) is 30.3 Å². The highest BCUT2D eigenvalue weighted by molar-refractivity contribution is 6.17. The molecule has 6 rings (SSSR count). The van der Waals surface area contributed by atoms with Crippen LogP contribution >= 0.6 is 0 Å². The van der Waals surface area contributed by atoms with Gasteiger partial charge in [0.25, 0.3) is 0 Å². The molecule has 0 saturated carbocycles. The van der Waals surface area contributed by atoms with Gasteiger partial charge in [-0.25, -0.2) is 0 Å². The average molecular weight is 399 g/mol. The van der Waals surface area contributed by atoms with E-state index >= 15 is 0 Å². The first-order chi connectivity index (χ1) is 15.3. The summed E-state index contributed by atoms with van der Waals surface area (Å²) in [7, 11) is 2.15. The fraction of sp³-hybridized carbons (Fsp3) is 0.0345. The molecule has 0 radical (unpaired) electrons. The van der Waals surface area contributed by atoms with Crippen LogP contribution in [0.25, 0.3) is 43.7 Å². The molecule has 0 N–H and O–H groups in total. The van der Waals surface area contributed by atoms with Crippen molar-refractivity contribution >= 4 is 32.4 Å². The van der Waals surface area contributed by atoms with Gasteiger partial charge in [-0.2, -0.15) is 0 Å². The van der Waals surface area contributed by atoms with E-state index in [-0.39, 0.29) is 0 Å². The van der Waals surface area contributed by atoms with E-state index in [0.29, 0.717) is 0 Å². The van der Waals surface area contributed by atoms with Gasteiger partial charge in [0.1, 0.15) is 11.5 Å². The van der Waals surface area contributed by atoms with Crippen LogP contribution in [0.15, 0.2) is 109 Å². The maximum atomic E-state index is 6.48. The third-order valence-electron chi connectivity index (χ3n) is 6.05. The van der Waals surface area contributed by atoms with Gasteiger partial charge in [-0.15, -0.1) is 0 Å². The predicted octanol–water partition coefficient (Wildman–Crippen LogP) is 7.94. The van der Waals surface area contributed by atoms with E-state index in [9.17, 15) is 0 Å². The van der Waals surface area contributed by atoms with Crippen molar-refractivity contribution in [3.05, 3.63) is 109 Å². The Morgan fingerprint density at radius 3 is 1.77 bits per heavy atom. The smallest absolute Gasteiger partial charge is 0.143 e. The van der Waals surface area contributed by atoms with Crippen LogP contribution in [-0.2, 0) is 7.05 Å². The van der Waals surface area contributed by atoms with Crippen molar-refractivity contribution in [2.45, 2.75) is 0 Å². The largest absolute Gasteiger partial charge is 0.456 e. The maximum absolute atomic E-state index is 6.48. The number of benzene rings is 5. The zero-order chi connectivity index (χ0) is 20.8. The lowest BCUT2D eigenvalue weighted by Crippen LogP contribution is -1.95. The highest BCUT2D eigenvalue weighted by Gasteiger charge is 2.19. The Hall–Kier alpha value is -4.04. The van der Waals surface area contributed by atoms with E-state index in [1.165, 1.54) is 32.9 Å². The molecule has 31 heavy (non-hydrogen) atoms. The van der Waals surface area contributed by atoms with Crippen LogP contribution in [0.2, 0.25) is 0 Å². The number of fused-ring (bicyclic) bond motifs is 3. The molecule has 0 atom stereocenters. The molecule has 1 heterocycles. The predicted molar refractivity (Wildman–Crippen MR) is 130 cm³/mol. The molecular weight excluding hydrogens is 378 g/mol. The summed E-state index contributed by atoms with van der Waals surface area (Å²) >= 11 is 0. The van der Waals surface area contributed by atoms with E-state index in [0.717, 1.165) is 22.3 Å². The minimum atomic E-state index is 0.843. The van der Waals surface area contributed by atoms with Crippen molar-refractivity contribution in [2.75, 3.05) is 0 Å². The molecule has 0 spiro atoms. The monoisotopic (exact) mass is 399 g/mol. The second-order valence-corrected chi connectivity index (χ2v) is 7.86. The summed E-state index contributed by atoms with van der Waals surface area (Å²) in [6.45, 7) is 0. The third kappa shape index (κ3) is 2.80. The summed E-state index contributed by atoms with van der Waals surface area (Å²) in [6.07, 6.45) is 0. The Kier molecular flexibility index (Phi) is 4.03. The third-order valence-corrected chi connectivity index (χ3v) is 6.05. The molecule has 0 saturated heterocycles. The van der Waals surface area contributed by atoms with Gasteiger partial charge in [-0.1, -0.05) is 84.9 Å². The van der Waals surface area contributed by atoms with Crippen LogP contribution in [0.3, 0.4) is 0 Å². The molecule has 5 aromatic carbocycles. The van der Waals surface area contributed by atoms with Gasteiger partial charge in [-0.3, -0.25) is 0 Å². The number of aryl methyl sites for hydroxylation is 1. The number of hydrogen-bond donors (Lipinski definition) is 0. The average Bonchev–Trinajstić information content (AvgIpc) is 3.16. The van der Waals surface area contributed by atoms with Gasteiger partial charge in [0.2, 0.25) is 0 Å². The van der Waals surface area contributed by atoms with Crippen molar-refractivity contribution in [1.82, 2.24) is 4.57 Å². The Labute approximate surface area is 180 Å². The van der Waals surface area contributed by atoms with E-state index in [4.69, 9.17) is 4.74 Å². The number of hydrogen-bond acceptors (Lipinski definition) is 1. The Bertz CT molecular complexity index is 1500. The highest BCUT2D eigenvalue weighted by Crippen LogP contribution is 2.45. The molecule has 6 aromatic rings. The van der Waals surface area contributed by atoms with Crippen molar-refractivity contribution in [1.29, 1.82) is 0 Å². The minimum Gasteiger partial charge on any atom is -0.456 e. The summed E-state index contributed by atoms with van der Waals surface area (Å²) in [5.41, 5.74) is 3.68. The van der Waals surface area contributed by atoms with Gasteiger partial charge < -0.3 is 9.30 Å². The van der Waals surface area contributed by atoms with Gasteiger partial charge in [-0.05, 0) is 35.0 Å². The van der Waals surface area contributed by atoms with Crippen molar-refractivity contribution in [3.63, 3.8) is 0 Å². The SMILES string of the molecule is Cn1c(-c2c3ccccc3c(Oc3ccccc3)c3ccccc23)cc2ccccc21. The second-order valence-electron chi connectivity index (χ2n) is 7.86. The molecule has 0 amide bonds. The van der Waals surface area contributed by atoms with Crippen LogP contribution < -0.4 is 4.74 Å². The summed E-state index contributed by atoms with van der Waals surface area (Å²) in [6, 6.07) is 38.0. The van der Waals surface area contributed by atoms with Crippen LogP contribution in [0.5, 0.6) is 11.5 Å². The maximum Gasteiger partial charge on any atom is 0.143 e. The zero-order valence-corrected chi connectivity index (χ0v) is 17.2. The first kappa shape index (κ1) is 17.8. The van der Waals surface area contributed by atoms with Gasteiger partial charge >= 0.3 is 0 Å². The lowest BCUT2D eigenvalue weighted by atomic mass is 9.93. The van der Waals surface area contributed by atoms with Gasteiger partial charge in [0, 0.05) is 34.3 Å². The molecule has 0 aliphatic heterocycles. The van der Waals surface area contributed by atoms with E-state index < -0.39 is 0 Å². The second kappa shape index (κ2) is 7.03. The molecular formula is C29H21NO. The molecule has 0 unspecified atom stereocenters. The summed E-state index contributed by atoms with van der Waals surface area (Å²) in [5, 5.41) is 5.87. The number of ether oxygens (including phenoxy) is 1. The van der Waals surface area contributed by atoms with Crippen molar-refractivity contribution in [3.8, 4) is 22.8 Å². The lowest BCUT2D eigenvalue weighted by molar-refractivity contribution is 0.494. The van der Waals surface area contributed by atoms with Crippen molar-refractivity contribution < 1.29 is 4.74 Å². The van der Waals surface area contributed by atoms with Crippen LogP contribution in [0.1, 0.15) is 0 Å². The van der Waals surface area contributed by atoms with Crippen LogP contribution in [0.4, 0.5) is 0 Å². The molecule has 2 heteroatoms. The summed E-state index contributed by atoms with van der Waals surface area (Å²) < 4.78 is 8.77. The fourth-order valence-electron chi connectivity index (χ4n) is 4.61. The number of aromatic nitrogens is 1. The number of nitrogens with zero attached hydrogens (tertiary/aromatic N) is 1. The summed E-state index contributed by atoms with van der Waals surface area (Å²) in [5.74, 6) is 1.75. The molecule has 0 fully saturated rings. The summed E-state index contributed by atoms with van der Waals surface area (Å²) in [4.78, 5) is 0. The van der Waals surface area contributed by atoms with Crippen LogP contribution in [-0.4, -0.2) is 4.57 Å². The quantitative estimate of drug-likeness (QED) is 0.275. The first-order valence-electron chi connectivity index (χ1n) is 10.5. The van der Waals surface area contributed by atoms with Crippen molar-refractivity contribution in [2.24, 2.45) is 7.05 Å². The van der Waals surface area contributed by atoms with Gasteiger partial charge in [0.05, 0.1) is 5.69 Å². The Morgan fingerprint density at radius 2 is 1.13 bits per heavy atom. The standard InChI is InChI=1S/C29H21NO/c1-30-26-18-10-5-11-20(26)19-27(30)28-22-14-6-8-16-24(22)29(25-17-9-7-15-23(25)28)31-21-12-3-2-4-13-21/h2-19H,1H3. The highest BCUT2D eigenvalue weighted by atomic mass is 16.5.